The summed E-state index contributed by atoms with van der Waals surface area (Å²) in [5, 5.41) is 5.48. The van der Waals surface area contributed by atoms with Crippen LogP contribution in [0.4, 0.5) is 0 Å². The zero-order valence-corrected chi connectivity index (χ0v) is 16.1. The minimum Gasteiger partial charge on any atom is -0.241 e. The van der Waals surface area contributed by atoms with Crippen molar-refractivity contribution >= 4 is 0 Å². The summed E-state index contributed by atoms with van der Waals surface area (Å²) in [5.74, 6) is 1.63. The van der Waals surface area contributed by atoms with Gasteiger partial charge in [-0.15, -0.1) is 0 Å². The molecule has 0 radical (unpaired) electrons. The maximum atomic E-state index is 2.74. The first kappa shape index (κ1) is 18.3. The molecule has 2 fully saturated rings. The van der Waals surface area contributed by atoms with Crippen LogP contribution in [-0.2, 0) is 0 Å². The standard InChI is InChI=1S/C20H40N2/c1-7-18(5)19(6)11-9-13-21(15-19)22-14-10-12-20(8-2,16-22)17(3)4/h17-18H,7-16H2,1-6H3. The van der Waals surface area contributed by atoms with Gasteiger partial charge in [0.1, 0.15) is 0 Å². The fraction of sp³-hybridized carbons (Fsp3) is 1.00. The van der Waals surface area contributed by atoms with Gasteiger partial charge in [0, 0.05) is 26.2 Å². The van der Waals surface area contributed by atoms with Crippen LogP contribution < -0.4 is 0 Å². The Hall–Kier alpha value is -0.0800. The molecule has 2 rings (SSSR count). The van der Waals surface area contributed by atoms with Crippen LogP contribution in [0.3, 0.4) is 0 Å². The van der Waals surface area contributed by atoms with E-state index in [1.54, 1.807) is 0 Å². The number of nitrogens with zero attached hydrogens (tertiary/aromatic N) is 2. The van der Waals surface area contributed by atoms with E-state index in [1.165, 1.54) is 64.7 Å². The summed E-state index contributed by atoms with van der Waals surface area (Å²) in [4.78, 5) is 0. The summed E-state index contributed by atoms with van der Waals surface area (Å²) in [7, 11) is 0. The molecule has 0 amide bonds. The van der Waals surface area contributed by atoms with Gasteiger partial charge in [0.25, 0.3) is 0 Å². The average molecular weight is 309 g/mol. The highest BCUT2D eigenvalue weighted by molar-refractivity contribution is 4.91. The molecule has 22 heavy (non-hydrogen) atoms. The Morgan fingerprint density at radius 1 is 0.909 bits per heavy atom. The first-order valence-electron chi connectivity index (χ1n) is 9.86. The maximum Gasteiger partial charge on any atom is 0.0192 e. The third-order valence-corrected chi connectivity index (χ3v) is 7.43. The summed E-state index contributed by atoms with van der Waals surface area (Å²) in [6.45, 7) is 19.8. The van der Waals surface area contributed by atoms with Gasteiger partial charge in [-0.05, 0) is 54.8 Å². The molecule has 0 spiro atoms. The van der Waals surface area contributed by atoms with Gasteiger partial charge in [0.05, 0.1) is 0 Å². The Morgan fingerprint density at radius 3 is 2.05 bits per heavy atom. The number of hydrogen-bond acceptors (Lipinski definition) is 2. The van der Waals surface area contributed by atoms with Gasteiger partial charge in [-0.3, -0.25) is 0 Å². The lowest BCUT2D eigenvalue weighted by Gasteiger charge is -2.53. The van der Waals surface area contributed by atoms with Crippen molar-refractivity contribution in [2.24, 2.45) is 22.7 Å². The van der Waals surface area contributed by atoms with Gasteiger partial charge >= 0.3 is 0 Å². The molecule has 0 N–H and O–H groups in total. The fourth-order valence-electron chi connectivity index (χ4n) is 4.92. The second-order valence-electron chi connectivity index (χ2n) is 8.82. The molecule has 0 bridgehead atoms. The third kappa shape index (κ3) is 3.53. The van der Waals surface area contributed by atoms with Crippen LogP contribution in [0.5, 0.6) is 0 Å². The van der Waals surface area contributed by atoms with Crippen LogP contribution in [0.1, 0.15) is 80.1 Å². The van der Waals surface area contributed by atoms with Crippen molar-refractivity contribution < 1.29 is 0 Å². The minimum absolute atomic E-state index is 0.511. The van der Waals surface area contributed by atoms with Gasteiger partial charge in [-0.2, -0.15) is 0 Å². The Kier molecular flexibility index (Phi) is 5.99. The Morgan fingerprint density at radius 2 is 1.50 bits per heavy atom. The average Bonchev–Trinajstić information content (AvgIpc) is 2.53. The second kappa shape index (κ2) is 7.21. The molecule has 0 aliphatic carbocycles. The van der Waals surface area contributed by atoms with Gasteiger partial charge in [0.15, 0.2) is 0 Å². The fourth-order valence-corrected chi connectivity index (χ4v) is 4.92. The predicted octanol–water partition coefficient (Wildman–Crippen LogP) is 5.20. The first-order chi connectivity index (χ1) is 10.4. The maximum absolute atomic E-state index is 2.74. The van der Waals surface area contributed by atoms with Crippen LogP contribution in [-0.4, -0.2) is 36.2 Å². The number of rotatable bonds is 5. The van der Waals surface area contributed by atoms with Gasteiger partial charge in [-0.25, -0.2) is 10.0 Å². The van der Waals surface area contributed by atoms with Crippen molar-refractivity contribution in [3.63, 3.8) is 0 Å². The highest BCUT2D eigenvalue weighted by atomic mass is 15.6. The number of hydrogen-bond donors (Lipinski definition) is 0. The van der Waals surface area contributed by atoms with Crippen LogP contribution in [0.25, 0.3) is 0 Å². The van der Waals surface area contributed by atoms with Crippen molar-refractivity contribution in [1.29, 1.82) is 0 Å². The van der Waals surface area contributed by atoms with E-state index in [-0.39, 0.29) is 0 Å². The molecule has 0 aromatic rings. The van der Waals surface area contributed by atoms with E-state index in [2.05, 4.69) is 51.6 Å². The van der Waals surface area contributed by atoms with Crippen molar-refractivity contribution in [3.05, 3.63) is 0 Å². The first-order valence-corrected chi connectivity index (χ1v) is 9.86. The molecule has 2 heteroatoms. The molecule has 2 nitrogen and oxygen atoms in total. The number of piperidine rings is 2. The van der Waals surface area contributed by atoms with Crippen molar-refractivity contribution in [1.82, 2.24) is 10.0 Å². The van der Waals surface area contributed by atoms with Crippen molar-refractivity contribution in [3.8, 4) is 0 Å². The quantitative estimate of drug-likeness (QED) is 0.689. The molecule has 2 aliphatic heterocycles. The molecular weight excluding hydrogens is 268 g/mol. The highest BCUT2D eigenvalue weighted by Gasteiger charge is 2.41. The molecule has 2 saturated heterocycles. The summed E-state index contributed by atoms with van der Waals surface area (Å²) < 4.78 is 0. The zero-order chi connectivity index (χ0) is 16.4. The lowest BCUT2D eigenvalue weighted by molar-refractivity contribution is -0.133. The molecule has 130 valence electrons. The molecule has 0 aromatic heterocycles. The van der Waals surface area contributed by atoms with E-state index in [0.717, 1.165) is 11.8 Å². The molecule has 0 aromatic carbocycles. The lowest BCUT2D eigenvalue weighted by atomic mass is 9.69. The van der Waals surface area contributed by atoms with E-state index >= 15 is 0 Å². The smallest absolute Gasteiger partial charge is 0.0192 e. The molecular formula is C20H40N2. The van der Waals surface area contributed by atoms with E-state index in [4.69, 9.17) is 0 Å². The normalized spacial score (nSPS) is 36.7. The number of hydrazine groups is 1. The van der Waals surface area contributed by atoms with Gasteiger partial charge in [0.2, 0.25) is 0 Å². The van der Waals surface area contributed by atoms with Crippen LogP contribution >= 0.6 is 0 Å². The summed E-state index contributed by atoms with van der Waals surface area (Å²) in [6, 6.07) is 0. The van der Waals surface area contributed by atoms with Gasteiger partial charge < -0.3 is 0 Å². The molecule has 3 unspecified atom stereocenters. The van der Waals surface area contributed by atoms with Crippen LogP contribution in [0.15, 0.2) is 0 Å². The summed E-state index contributed by atoms with van der Waals surface area (Å²) >= 11 is 0. The Bertz CT molecular complexity index is 354. The molecule has 3 atom stereocenters. The van der Waals surface area contributed by atoms with Crippen LogP contribution in [0, 0.1) is 22.7 Å². The molecule has 0 saturated carbocycles. The SMILES string of the molecule is CCC(C)C1(C)CCCN(N2CCCC(CC)(C(C)C)C2)C1. The van der Waals surface area contributed by atoms with E-state index in [1.807, 2.05) is 0 Å². The van der Waals surface area contributed by atoms with E-state index in [0.29, 0.717) is 10.8 Å². The lowest BCUT2D eigenvalue weighted by Crippen LogP contribution is -2.58. The highest BCUT2D eigenvalue weighted by Crippen LogP contribution is 2.43. The van der Waals surface area contributed by atoms with E-state index < -0.39 is 0 Å². The topological polar surface area (TPSA) is 6.48 Å². The van der Waals surface area contributed by atoms with Gasteiger partial charge in [-0.1, -0.05) is 48.0 Å². The second-order valence-corrected chi connectivity index (χ2v) is 8.82. The van der Waals surface area contributed by atoms with Crippen LogP contribution in [0.2, 0.25) is 0 Å². The Labute approximate surface area is 139 Å². The predicted molar refractivity (Wildman–Crippen MR) is 96.7 cm³/mol. The molecule has 2 heterocycles. The third-order valence-electron chi connectivity index (χ3n) is 7.43. The van der Waals surface area contributed by atoms with Crippen molar-refractivity contribution in [2.45, 2.75) is 80.1 Å². The van der Waals surface area contributed by atoms with E-state index in [9.17, 15) is 0 Å². The summed E-state index contributed by atoms with van der Waals surface area (Å²) in [6.07, 6.45) is 8.23. The molecule has 2 aliphatic rings. The Balaban J connectivity index is 2.07. The zero-order valence-electron chi connectivity index (χ0n) is 16.1. The van der Waals surface area contributed by atoms with Crippen molar-refractivity contribution in [2.75, 3.05) is 26.2 Å². The minimum atomic E-state index is 0.511. The largest absolute Gasteiger partial charge is 0.241 e. The monoisotopic (exact) mass is 308 g/mol. The summed E-state index contributed by atoms with van der Waals surface area (Å²) in [5.41, 5.74) is 1.06.